The average molecular weight is 343 g/mol. The van der Waals surface area contributed by atoms with Gasteiger partial charge in [-0.3, -0.25) is 14.3 Å². The van der Waals surface area contributed by atoms with Crippen LogP contribution in [0.5, 0.6) is 0 Å². The van der Waals surface area contributed by atoms with Gasteiger partial charge in [-0.2, -0.15) is 10.2 Å². The van der Waals surface area contributed by atoms with Gasteiger partial charge in [-0.25, -0.2) is 4.68 Å². The van der Waals surface area contributed by atoms with Gasteiger partial charge in [0.05, 0.1) is 11.7 Å². The lowest BCUT2D eigenvalue weighted by Crippen LogP contribution is -2.34. The molecule has 1 aliphatic heterocycles. The third-order valence-corrected chi connectivity index (χ3v) is 4.93. The van der Waals surface area contributed by atoms with E-state index in [-0.39, 0.29) is 17.5 Å². The van der Waals surface area contributed by atoms with Crippen LogP contribution in [0, 0.1) is 13.8 Å². The molecule has 7 heteroatoms. The van der Waals surface area contributed by atoms with E-state index in [4.69, 9.17) is 0 Å². The first-order valence-corrected chi connectivity index (χ1v) is 8.83. The summed E-state index contributed by atoms with van der Waals surface area (Å²) in [6.07, 6.45) is 2.68. The lowest BCUT2D eigenvalue weighted by molar-refractivity contribution is 0.0726. The van der Waals surface area contributed by atoms with Crippen LogP contribution in [0.4, 0.5) is 0 Å². The molecular weight excluding hydrogens is 318 g/mol. The zero-order valence-electron chi connectivity index (χ0n) is 15.3. The Hall–Kier alpha value is -2.44. The minimum absolute atomic E-state index is 0.0227. The van der Waals surface area contributed by atoms with E-state index in [0.29, 0.717) is 18.8 Å². The van der Waals surface area contributed by atoms with E-state index < -0.39 is 0 Å². The summed E-state index contributed by atoms with van der Waals surface area (Å²) in [7, 11) is 1.93. The average Bonchev–Trinajstić information content (AvgIpc) is 3.14. The number of aryl methyl sites for hydroxylation is 3. The fraction of sp³-hybridized carbons (Fsp3) is 0.556. The third kappa shape index (κ3) is 3.10. The lowest BCUT2D eigenvalue weighted by atomic mass is 10.0. The molecule has 3 heterocycles. The van der Waals surface area contributed by atoms with Gasteiger partial charge in [0.1, 0.15) is 5.69 Å². The highest BCUT2D eigenvalue weighted by Crippen LogP contribution is 2.36. The van der Waals surface area contributed by atoms with Gasteiger partial charge in [0.25, 0.3) is 11.5 Å². The highest BCUT2D eigenvalue weighted by molar-refractivity contribution is 5.92. The maximum absolute atomic E-state index is 13.0. The van der Waals surface area contributed by atoms with Crippen LogP contribution in [-0.2, 0) is 13.6 Å². The topological polar surface area (TPSA) is 73.0 Å². The van der Waals surface area contributed by atoms with Gasteiger partial charge >= 0.3 is 0 Å². The summed E-state index contributed by atoms with van der Waals surface area (Å²) in [6, 6.07) is 2.99. The zero-order chi connectivity index (χ0) is 18.1. The lowest BCUT2D eigenvalue weighted by Gasteiger charge is -2.25. The molecule has 25 heavy (non-hydrogen) atoms. The minimum Gasteiger partial charge on any atom is -0.330 e. The molecule has 0 unspecified atom stereocenters. The Morgan fingerprint density at radius 2 is 2.04 bits per heavy atom. The van der Waals surface area contributed by atoms with Crippen molar-refractivity contribution in [3.05, 3.63) is 45.1 Å². The van der Waals surface area contributed by atoms with Crippen LogP contribution >= 0.6 is 0 Å². The van der Waals surface area contributed by atoms with E-state index in [9.17, 15) is 9.59 Å². The number of carbonyl (C=O) groups is 1. The summed E-state index contributed by atoms with van der Waals surface area (Å²) in [5.74, 6) is -0.116. The van der Waals surface area contributed by atoms with Gasteiger partial charge in [0.2, 0.25) is 0 Å². The number of nitrogens with zero attached hydrogens (tertiary/aromatic N) is 5. The molecule has 0 saturated carbocycles. The van der Waals surface area contributed by atoms with Crippen LogP contribution in [0.15, 0.2) is 16.9 Å². The summed E-state index contributed by atoms with van der Waals surface area (Å²) in [4.78, 5) is 26.8. The summed E-state index contributed by atoms with van der Waals surface area (Å²) >= 11 is 0. The van der Waals surface area contributed by atoms with E-state index in [1.54, 1.807) is 0 Å². The molecule has 1 fully saturated rings. The summed E-state index contributed by atoms with van der Waals surface area (Å²) in [5, 5.41) is 8.77. The van der Waals surface area contributed by atoms with Crippen molar-refractivity contribution in [3.63, 3.8) is 0 Å². The maximum Gasteiger partial charge on any atom is 0.274 e. The molecule has 0 spiro atoms. The molecule has 1 saturated heterocycles. The van der Waals surface area contributed by atoms with Gasteiger partial charge in [-0.05, 0) is 39.2 Å². The maximum atomic E-state index is 13.0. The number of aromatic nitrogens is 4. The predicted octanol–water partition coefficient (Wildman–Crippen LogP) is 1.98. The number of hydrogen-bond donors (Lipinski definition) is 0. The van der Waals surface area contributed by atoms with Crippen LogP contribution in [0.2, 0.25) is 0 Å². The molecule has 1 amide bonds. The molecule has 3 rings (SSSR count). The Kier molecular flexibility index (Phi) is 4.74. The molecule has 134 valence electrons. The van der Waals surface area contributed by atoms with Gasteiger partial charge in [0, 0.05) is 37.5 Å². The van der Waals surface area contributed by atoms with Crippen molar-refractivity contribution in [1.29, 1.82) is 0 Å². The standard InChI is InChI=1S/C18H25N5O2/c1-5-10-23-16(24)9-8-14(20-23)18(25)22-11-6-7-15(22)17-12(2)19-21(4)13(17)3/h8-9,15H,5-7,10-11H2,1-4H3/t15-/m1/s1. The van der Waals surface area contributed by atoms with Crippen LogP contribution in [0.3, 0.4) is 0 Å². The second kappa shape index (κ2) is 6.82. The minimum atomic E-state index is -0.171. The molecular formula is C18H25N5O2. The monoisotopic (exact) mass is 343 g/mol. The Morgan fingerprint density at radius 1 is 1.28 bits per heavy atom. The quantitative estimate of drug-likeness (QED) is 0.851. The number of amides is 1. The number of hydrogen-bond acceptors (Lipinski definition) is 4. The molecule has 2 aromatic rings. The van der Waals surface area contributed by atoms with Crippen molar-refractivity contribution < 1.29 is 4.79 Å². The van der Waals surface area contributed by atoms with Gasteiger partial charge in [-0.15, -0.1) is 0 Å². The first-order chi connectivity index (χ1) is 11.9. The first kappa shape index (κ1) is 17.4. The molecule has 0 N–H and O–H groups in total. The SMILES string of the molecule is CCCn1nc(C(=O)N2CCC[C@@H]2c2c(C)nn(C)c2C)ccc1=O. The van der Waals surface area contributed by atoms with Crippen LogP contribution in [-0.4, -0.2) is 36.9 Å². The Labute approximate surface area is 147 Å². The largest absolute Gasteiger partial charge is 0.330 e. The highest BCUT2D eigenvalue weighted by Gasteiger charge is 2.34. The molecule has 7 nitrogen and oxygen atoms in total. The molecule has 1 atom stereocenters. The van der Waals surface area contributed by atoms with Gasteiger partial charge < -0.3 is 4.90 Å². The Balaban J connectivity index is 1.94. The van der Waals surface area contributed by atoms with Crippen molar-refractivity contribution in [2.75, 3.05) is 6.54 Å². The van der Waals surface area contributed by atoms with Gasteiger partial charge in [-0.1, -0.05) is 6.92 Å². The van der Waals surface area contributed by atoms with E-state index in [1.165, 1.54) is 16.8 Å². The normalized spacial score (nSPS) is 17.3. The van der Waals surface area contributed by atoms with Crippen molar-refractivity contribution in [2.24, 2.45) is 7.05 Å². The molecule has 0 aliphatic carbocycles. The molecule has 0 radical (unpaired) electrons. The Morgan fingerprint density at radius 3 is 2.68 bits per heavy atom. The van der Waals surface area contributed by atoms with E-state index in [1.807, 2.05) is 37.4 Å². The Bertz CT molecular complexity index is 852. The second-order valence-corrected chi connectivity index (χ2v) is 6.64. The third-order valence-electron chi connectivity index (χ3n) is 4.93. The van der Waals surface area contributed by atoms with Crippen LogP contribution < -0.4 is 5.56 Å². The van der Waals surface area contributed by atoms with E-state index in [2.05, 4.69) is 10.2 Å². The number of likely N-dealkylation sites (tertiary alicyclic amines) is 1. The van der Waals surface area contributed by atoms with E-state index in [0.717, 1.165) is 36.2 Å². The molecule has 0 aromatic carbocycles. The summed E-state index contributed by atoms with van der Waals surface area (Å²) in [6.45, 7) is 7.22. The fourth-order valence-electron chi connectivity index (χ4n) is 3.66. The van der Waals surface area contributed by atoms with Crippen molar-refractivity contribution in [1.82, 2.24) is 24.5 Å². The van der Waals surface area contributed by atoms with Crippen molar-refractivity contribution >= 4 is 5.91 Å². The summed E-state index contributed by atoms with van der Waals surface area (Å²) < 4.78 is 3.24. The van der Waals surface area contributed by atoms with Crippen molar-refractivity contribution in [2.45, 2.75) is 52.6 Å². The fourth-order valence-corrected chi connectivity index (χ4v) is 3.66. The van der Waals surface area contributed by atoms with E-state index >= 15 is 0 Å². The smallest absolute Gasteiger partial charge is 0.274 e. The number of rotatable bonds is 4. The second-order valence-electron chi connectivity index (χ2n) is 6.64. The predicted molar refractivity (Wildman–Crippen MR) is 94.5 cm³/mol. The van der Waals surface area contributed by atoms with Crippen molar-refractivity contribution in [3.8, 4) is 0 Å². The summed E-state index contributed by atoms with van der Waals surface area (Å²) in [5.41, 5.74) is 3.35. The molecule has 2 aromatic heterocycles. The van der Waals surface area contributed by atoms with Gasteiger partial charge in [0.15, 0.2) is 0 Å². The highest BCUT2D eigenvalue weighted by atomic mass is 16.2. The molecule has 0 bridgehead atoms. The zero-order valence-corrected chi connectivity index (χ0v) is 15.3. The first-order valence-electron chi connectivity index (χ1n) is 8.83. The van der Waals surface area contributed by atoms with Crippen LogP contribution in [0.1, 0.15) is 59.7 Å². The molecule has 1 aliphatic rings. The van der Waals surface area contributed by atoms with Crippen LogP contribution in [0.25, 0.3) is 0 Å². The number of carbonyl (C=O) groups excluding carboxylic acids is 1.